The van der Waals surface area contributed by atoms with Crippen molar-refractivity contribution in [2.24, 2.45) is 0 Å². The van der Waals surface area contributed by atoms with Gasteiger partial charge in [-0.15, -0.1) is 11.8 Å². The van der Waals surface area contributed by atoms with Crippen molar-refractivity contribution in [3.63, 3.8) is 0 Å². The summed E-state index contributed by atoms with van der Waals surface area (Å²) in [4.78, 5) is 12.7. The Bertz CT molecular complexity index is 422. The van der Waals surface area contributed by atoms with E-state index in [9.17, 15) is 4.79 Å². The molecule has 1 aromatic rings. The van der Waals surface area contributed by atoms with Crippen LogP contribution in [0.1, 0.15) is 43.5 Å². The molecule has 1 aliphatic heterocycles. The molecule has 0 spiro atoms. The Labute approximate surface area is 113 Å². The highest BCUT2D eigenvalue weighted by atomic mass is 32.2. The zero-order valence-electron chi connectivity index (χ0n) is 11.1. The molecule has 0 aliphatic carbocycles. The number of Topliss-reactive ketones (excluding diaryl/α,β-unsaturated/α-hetero) is 1. The van der Waals surface area contributed by atoms with Crippen molar-refractivity contribution in [3.8, 4) is 5.75 Å². The minimum absolute atomic E-state index is 0.219. The number of carbonyl (C=O) groups excluding carboxylic acids is 1. The minimum Gasteiger partial charge on any atom is -0.493 e. The maximum absolute atomic E-state index is 12.7. The van der Waals surface area contributed by atoms with Crippen molar-refractivity contribution in [1.82, 2.24) is 0 Å². The summed E-state index contributed by atoms with van der Waals surface area (Å²) in [6.07, 6.45) is 3.05. The number of benzene rings is 1. The fourth-order valence-corrected chi connectivity index (χ4v) is 3.50. The molecule has 0 radical (unpaired) electrons. The zero-order valence-corrected chi connectivity index (χ0v) is 11.9. The molecule has 0 amide bonds. The Morgan fingerprint density at radius 1 is 1.44 bits per heavy atom. The van der Waals surface area contributed by atoms with Gasteiger partial charge in [0.05, 0.1) is 16.9 Å². The van der Waals surface area contributed by atoms with Crippen molar-refractivity contribution in [1.29, 1.82) is 0 Å². The van der Waals surface area contributed by atoms with Crippen LogP contribution in [-0.4, -0.2) is 22.9 Å². The highest BCUT2D eigenvalue weighted by Gasteiger charge is 2.38. The Morgan fingerprint density at radius 3 is 2.89 bits per heavy atom. The molecule has 0 bridgehead atoms. The quantitative estimate of drug-likeness (QED) is 0.753. The molecule has 1 unspecified atom stereocenters. The van der Waals surface area contributed by atoms with Gasteiger partial charge in [0, 0.05) is 0 Å². The van der Waals surface area contributed by atoms with Crippen LogP contribution >= 0.6 is 11.8 Å². The SMILES string of the molecule is CCCOc1ccccc1C(=O)C1(C)CCCS1. The van der Waals surface area contributed by atoms with Gasteiger partial charge in [-0.3, -0.25) is 4.79 Å². The van der Waals surface area contributed by atoms with E-state index in [0.717, 1.165) is 36.3 Å². The van der Waals surface area contributed by atoms with Crippen LogP contribution in [0, 0.1) is 0 Å². The molecule has 18 heavy (non-hydrogen) atoms. The lowest BCUT2D eigenvalue weighted by molar-refractivity contribution is 0.0945. The van der Waals surface area contributed by atoms with Crippen LogP contribution < -0.4 is 4.74 Å². The van der Waals surface area contributed by atoms with E-state index in [0.29, 0.717) is 6.61 Å². The van der Waals surface area contributed by atoms with E-state index in [1.165, 1.54) is 0 Å². The summed E-state index contributed by atoms with van der Waals surface area (Å²) in [6.45, 7) is 4.79. The summed E-state index contributed by atoms with van der Waals surface area (Å²) in [6, 6.07) is 7.62. The molecule has 0 N–H and O–H groups in total. The molecule has 1 atom stereocenters. The third-order valence-electron chi connectivity index (χ3n) is 3.29. The number of para-hydroxylation sites is 1. The third-order valence-corrected chi connectivity index (χ3v) is 4.81. The Morgan fingerprint density at radius 2 is 2.22 bits per heavy atom. The summed E-state index contributed by atoms with van der Waals surface area (Å²) in [5.41, 5.74) is 0.739. The minimum atomic E-state index is -0.258. The van der Waals surface area contributed by atoms with Gasteiger partial charge in [0.15, 0.2) is 5.78 Å². The average molecular weight is 264 g/mol. The molecule has 2 nitrogen and oxygen atoms in total. The smallest absolute Gasteiger partial charge is 0.182 e. The topological polar surface area (TPSA) is 26.3 Å². The van der Waals surface area contributed by atoms with Gasteiger partial charge in [0.1, 0.15) is 5.75 Å². The van der Waals surface area contributed by atoms with Crippen LogP contribution in [0.3, 0.4) is 0 Å². The number of carbonyl (C=O) groups is 1. The summed E-state index contributed by atoms with van der Waals surface area (Å²) >= 11 is 1.78. The summed E-state index contributed by atoms with van der Waals surface area (Å²) < 4.78 is 5.42. The van der Waals surface area contributed by atoms with Gasteiger partial charge in [0.25, 0.3) is 0 Å². The van der Waals surface area contributed by atoms with E-state index in [2.05, 4.69) is 13.8 Å². The van der Waals surface area contributed by atoms with Crippen molar-refractivity contribution in [2.75, 3.05) is 12.4 Å². The second-order valence-corrected chi connectivity index (χ2v) is 6.45. The molecule has 1 saturated heterocycles. The van der Waals surface area contributed by atoms with Gasteiger partial charge >= 0.3 is 0 Å². The fraction of sp³-hybridized carbons (Fsp3) is 0.533. The maximum atomic E-state index is 12.7. The largest absolute Gasteiger partial charge is 0.493 e. The van der Waals surface area contributed by atoms with E-state index >= 15 is 0 Å². The van der Waals surface area contributed by atoms with E-state index in [1.807, 2.05) is 24.3 Å². The van der Waals surface area contributed by atoms with Crippen LogP contribution in [0.4, 0.5) is 0 Å². The number of hydrogen-bond acceptors (Lipinski definition) is 3. The maximum Gasteiger partial charge on any atom is 0.182 e. The van der Waals surface area contributed by atoms with Gasteiger partial charge in [-0.05, 0) is 44.1 Å². The normalized spacial score (nSPS) is 23.0. The van der Waals surface area contributed by atoms with E-state index in [4.69, 9.17) is 4.74 Å². The standard InChI is InChI=1S/C15H20O2S/c1-3-10-17-13-8-5-4-7-12(13)14(16)15(2)9-6-11-18-15/h4-5,7-8H,3,6,9-11H2,1-2H3. The monoisotopic (exact) mass is 264 g/mol. The second kappa shape index (κ2) is 5.79. The fourth-order valence-electron chi connectivity index (χ4n) is 2.24. The molecule has 1 aromatic carbocycles. The lowest BCUT2D eigenvalue weighted by Crippen LogP contribution is -2.29. The van der Waals surface area contributed by atoms with Crippen LogP contribution in [0.25, 0.3) is 0 Å². The van der Waals surface area contributed by atoms with Gasteiger partial charge in [0.2, 0.25) is 0 Å². The molecule has 0 aromatic heterocycles. The first kappa shape index (κ1) is 13.5. The molecule has 1 fully saturated rings. The number of rotatable bonds is 5. The van der Waals surface area contributed by atoms with Crippen LogP contribution in [-0.2, 0) is 0 Å². The van der Waals surface area contributed by atoms with Crippen molar-refractivity contribution in [3.05, 3.63) is 29.8 Å². The van der Waals surface area contributed by atoms with Crippen molar-refractivity contribution >= 4 is 17.5 Å². The second-order valence-electron chi connectivity index (χ2n) is 4.86. The van der Waals surface area contributed by atoms with Crippen LogP contribution in [0.15, 0.2) is 24.3 Å². The lowest BCUT2D eigenvalue weighted by Gasteiger charge is -2.22. The van der Waals surface area contributed by atoms with E-state index in [-0.39, 0.29) is 10.5 Å². The Balaban J connectivity index is 2.24. The lowest BCUT2D eigenvalue weighted by atomic mass is 9.94. The summed E-state index contributed by atoms with van der Waals surface area (Å²) in [7, 11) is 0. The van der Waals surface area contributed by atoms with Crippen LogP contribution in [0.5, 0.6) is 5.75 Å². The number of ketones is 1. The molecule has 3 heteroatoms. The molecular formula is C15H20O2S. The Kier molecular flexibility index (Phi) is 4.33. The summed E-state index contributed by atoms with van der Waals surface area (Å²) in [5, 5.41) is 0. The number of hydrogen-bond donors (Lipinski definition) is 0. The van der Waals surface area contributed by atoms with Gasteiger partial charge in [-0.25, -0.2) is 0 Å². The predicted molar refractivity (Wildman–Crippen MR) is 76.7 cm³/mol. The van der Waals surface area contributed by atoms with Gasteiger partial charge in [-0.1, -0.05) is 19.1 Å². The number of thioether (sulfide) groups is 1. The molecule has 1 aliphatic rings. The zero-order chi connectivity index (χ0) is 13.0. The molecule has 1 heterocycles. The highest BCUT2D eigenvalue weighted by molar-refractivity contribution is 8.01. The van der Waals surface area contributed by atoms with Gasteiger partial charge < -0.3 is 4.74 Å². The first-order chi connectivity index (χ1) is 8.67. The van der Waals surface area contributed by atoms with Crippen molar-refractivity contribution < 1.29 is 9.53 Å². The predicted octanol–water partition coefficient (Wildman–Crippen LogP) is 3.94. The molecule has 0 saturated carbocycles. The van der Waals surface area contributed by atoms with Gasteiger partial charge in [-0.2, -0.15) is 0 Å². The Hall–Kier alpha value is -0.960. The molecule has 2 rings (SSSR count). The average Bonchev–Trinajstić information content (AvgIpc) is 2.84. The first-order valence-corrected chi connectivity index (χ1v) is 7.56. The number of ether oxygens (including phenoxy) is 1. The summed E-state index contributed by atoms with van der Waals surface area (Å²) in [5.74, 6) is 2.04. The van der Waals surface area contributed by atoms with E-state index in [1.54, 1.807) is 11.8 Å². The van der Waals surface area contributed by atoms with Crippen LogP contribution in [0.2, 0.25) is 0 Å². The molecular weight excluding hydrogens is 244 g/mol. The molecule has 98 valence electrons. The van der Waals surface area contributed by atoms with Crippen molar-refractivity contribution in [2.45, 2.75) is 37.9 Å². The first-order valence-electron chi connectivity index (χ1n) is 6.58. The van der Waals surface area contributed by atoms with E-state index < -0.39 is 0 Å². The third kappa shape index (κ3) is 2.72. The highest BCUT2D eigenvalue weighted by Crippen LogP contribution is 2.41.